The van der Waals surface area contributed by atoms with Crippen LogP contribution in [-0.2, 0) is 6.54 Å². The first-order valence-corrected chi connectivity index (χ1v) is 11.0. The Morgan fingerprint density at radius 3 is 2.88 bits per heavy atom. The first-order valence-electron chi connectivity index (χ1n) is 11.0. The van der Waals surface area contributed by atoms with Gasteiger partial charge in [0, 0.05) is 48.1 Å². The summed E-state index contributed by atoms with van der Waals surface area (Å²) in [4.78, 5) is 11.5. The minimum atomic E-state index is -0.308. The van der Waals surface area contributed by atoms with Gasteiger partial charge in [0.05, 0.1) is 14.2 Å². The number of benzene rings is 1. The zero-order chi connectivity index (χ0) is 22.8. The highest BCUT2D eigenvalue weighted by Gasteiger charge is 2.25. The van der Waals surface area contributed by atoms with E-state index in [1.54, 1.807) is 31.0 Å². The summed E-state index contributed by atoms with van der Waals surface area (Å²) in [5.74, 6) is 2.06. The van der Waals surface area contributed by atoms with E-state index in [1.807, 2.05) is 24.4 Å². The highest BCUT2D eigenvalue weighted by atomic mass is 19.1. The van der Waals surface area contributed by atoms with Gasteiger partial charge in [-0.05, 0) is 55.8 Å². The molecule has 0 unspecified atom stereocenters. The monoisotopic (exact) mass is 447 g/mol. The lowest BCUT2D eigenvalue weighted by molar-refractivity contribution is 0.194. The number of methoxy groups -OCH3 is 2. The summed E-state index contributed by atoms with van der Waals surface area (Å²) in [6.45, 7) is 2.68. The number of hydrogen-bond donors (Lipinski definition) is 0. The standard InChI is InChI=1S/C25H26FN5O2/c1-32-22-9-8-20(26)13-21(22)17-7-10-23-28-24(29-31(23)16-17)18-6-4-12-30(14-18)15-19-5-3-11-27-25(19)33-2/h3,5,7-11,13,16,18H,4,6,12,14-15H2,1-2H3/t18-/m1/s1. The van der Waals surface area contributed by atoms with Crippen molar-refractivity contribution in [3.8, 4) is 22.8 Å². The number of aromatic nitrogens is 4. The van der Waals surface area contributed by atoms with Gasteiger partial charge in [-0.1, -0.05) is 6.07 Å². The maximum absolute atomic E-state index is 13.9. The molecule has 3 aromatic heterocycles. The molecule has 7 nitrogen and oxygen atoms in total. The van der Waals surface area contributed by atoms with E-state index in [-0.39, 0.29) is 11.7 Å². The number of piperidine rings is 1. The van der Waals surface area contributed by atoms with E-state index in [2.05, 4.69) is 16.0 Å². The normalized spacial score (nSPS) is 16.8. The van der Waals surface area contributed by atoms with Crippen molar-refractivity contribution in [3.05, 3.63) is 72.1 Å². The molecule has 0 aliphatic carbocycles. The van der Waals surface area contributed by atoms with E-state index in [9.17, 15) is 4.39 Å². The lowest BCUT2D eigenvalue weighted by Gasteiger charge is -2.31. The fourth-order valence-corrected chi connectivity index (χ4v) is 4.52. The summed E-state index contributed by atoms with van der Waals surface area (Å²) in [5.41, 5.74) is 3.36. The molecule has 4 heterocycles. The number of likely N-dealkylation sites (tertiary alicyclic amines) is 1. The van der Waals surface area contributed by atoms with Crippen molar-refractivity contribution in [3.63, 3.8) is 0 Å². The van der Waals surface area contributed by atoms with Crippen molar-refractivity contribution in [2.45, 2.75) is 25.3 Å². The molecule has 0 amide bonds. The molecule has 1 fully saturated rings. The predicted molar refractivity (Wildman–Crippen MR) is 123 cm³/mol. The van der Waals surface area contributed by atoms with E-state index in [4.69, 9.17) is 19.6 Å². The Morgan fingerprint density at radius 2 is 2.03 bits per heavy atom. The molecule has 1 saturated heterocycles. The van der Waals surface area contributed by atoms with Gasteiger partial charge < -0.3 is 9.47 Å². The van der Waals surface area contributed by atoms with E-state index < -0.39 is 0 Å². The molecule has 4 aromatic rings. The Labute approximate surface area is 191 Å². The van der Waals surface area contributed by atoms with Gasteiger partial charge in [-0.2, -0.15) is 5.10 Å². The second-order valence-electron chi connectivity index (χ2n) is 8.28. The van der Waals surface area contributed by atoms with Crippen LogP contribution in [0.2, 0.25) is 0 Å². The third-order valence-electron chi connectivity index (χ3n) is 6.13. The topological polar surface area (TPSA) is 64.8 Å². The molecule has 1 atom stereocenters. The maximum Gasteiger partial charge on any atom is 0.217 e. The number of halogens is 1. The van der Waals surface area contributed by atoms with Crippen LogP contribution in [0.4, 0.5) is 4.39 Å². The quantitative estimate of drug-likeness (QED) is 0.439. The van der Waals surface area contributed by atoms with Crippen molar-refractivity contribution >= 4 is 5.65 Å². The van der Waals surface area contributed by atoms with Crippen LogP contribution in [0, 0.1) is 5.82 Å². The van der Waals surface area contributed by atoms with Crippen molar-refractivity contribution in [1.82, 2.24) is 24.5 Å². The lowest BCUT2D eigenvalue weighted by atomic mass is 9.97. The number of rotatable bonds is 6. The highest BCUT2D eigenvalue weighted by Crippen LogP contribution is 2.32. The molecule has 33 heavy (non-hydrogen) atoms. The van der Waals surface area contributed by atoms with Crippen LogP contribution < -0.4 is 9.47 Å². The third kappa shape index (κ3) is 4.39. The fourth-order valence-electron chi connectivity index (χ4n) is 4.52. The fraction of sp³-hybridized carbons (Fsp3) is 0.320. The van der Waals surface area contributed by atoms with Crippen molar-refractivity contribution in [2.75, 3.05) is 27.3 Å². The Morgan fingerprint density at radius 1 is 1.12 bits per heavy atom. The Bertz CT molecular complexity index is 1270. The molecule has 170 valence electrons. The van der Waals surface area contributed by atoms with Crippen LogP contribution in [0.1, 0.15) is 30.1 Å². The molecular formula is C25H26FN5O2. The number of fused-ring (bicyclic) bond motifs is 1. The van der Waals surface area contributed by atoms with Crippen LogP contribution in [0.15, 0.2) is 54.9 Å². The van der Waals surface area contributed by atoms with Crippen LogP contribution in [0.3, 0.4) is 0 Å². The first kappa shape index (κ1) is 21.3. The minimum absolute atomic E-state index is 0.244. The average molecular weight is 448 g/mol. The van der Waals surface area contributed by atoms with Crippen molar-refractivity contribution in [2.24, 2.45) is 0 Å². The maximum atomic E-state index is 13.9. The molecule has 1 aromatic carbocycles. The smallest absolute Gasteiger partial charge is 0.217 e. The summed E-state index contributed by atoms with van der Waals surface area (Å²) in [6, 6.07) is 12.3. The van der Waals surface area contributed by atoms with Gasteiger partial charge in [-0.15, -0.1) is 0 Å². The van der Waals surface area contributed by atoms with Crippen molar-refractivity contribution in [1.29, 1.82) is 0 Å². The predicted octanol–water partition coefficient (Wildman–Crippen LogP) is 4.33. The Hall–Kier alpha value is -3.52. The molecule has 0 radical (unpaired) electrons. The zero-order valence-corrected chi connectivity index (χ0v) is 18.7. The lowest BCUT2D eigenvalue weighted by Crippen LogP contribution is -2.34. The van der Waals surface area contributed by atoms with E-state index in [0.29, 0.717) is 17.2 Å². The Balaban J connectivity index is 1.38. The van der Waals surface area contributed by atoms with Gasteiger partial charge in [0.25, 0.3) is 0 Å². The van der Waals surface area contributed by atoms with Gasteiger partial charge in [0.15, 0.2) is 11.5 Å². The molecule has 0 saturated carbocycles. The minimum Gasteiger partial charge on any atom is -0.496 e. The first-order chi connectivity index (χ1) is 16.1. The van der Waals surface area contributed by atoms with E-state index in [0.717, 1.165) is 55.1 Å². The second kappa shape index (κ2) is 9.15. The van der Waals surface area contributed by atoms with Gasteiger partial charge in [0.1, 0.15) is 11.6 Å². The second-order valence-corrected chi connectivity index (χ2v) is 8.28. The van der Waals surface area contributed by atoms with Crippen LogP contribution in [0.25, 0.3) is 16.8 Å². The number of ether oxygens (including phenoxy) is 2. The highest BCUT2D eigenvalue weighted by molar-refractivity contribution is 5.71. The van der Waals surface area contributed by atoms with Gasteiger partial charge in [-0.25, -0.2) is 18.9 Å². The number of nitrogens with zero attached hydrogens (tertiary/aromatic N) is 5. The van der Waals surface area contributed by atoms with Crippen LogP contribution in [-0.4, -0.2) is 51.8 Å². The molecular weight excluding hydrogens is 421 g/mol. The Kier molecular flexibility index (Phi) is 5.92. The largest absolute Gasteiger partial charge is 0.496 e. The average Bonchev–Trinajstić information content (AvgIpc) is 3.28. The molecule has 5 rings (SSSR count). The molecule has 0 spiro atoms. The third-order valence-corrected chi connectivity index (χ3v) is 6.13. The summed E-state index contributed by atoms with van der Waals surface area (Å²) in [7, 11) is 3.23. The molecule has 8 heteroatoms. The number of hydrogen-bond acceptors (Lipinski definition) is 6. The van der Waals surface area contributed by atoms with E-state index >= 15 is 0 Å². The van der Waals surface area contributed by atoms with Crippen LogP contribution in [0.5, 0.6) is 11.6 Å². The molecule has 0 N–H and O–H groups in total. The summed E-state index contributed by atoms with van der Waals surface area (Å²) in [5, 5.41) is 4.78. The zero-order valence-electron chi connectivity index (χ0n) is 18.7. The van der Waals surface area contributed by atoms with Crippen molar-refractivity contribution < 1.29 is 13.9 Å². The van der Waals surface area contributed by atoms with Gasteiger partial charge in [0.2, 0.25) is 5.88 Å². The summed E-state index contributed by atoms with van der Waals surface area (Å²) >= 11 is 0. The molecule has 1 aliphatic rings. The van der Waals surface area contributed by atoms with Gasteiger partial charge >= 0.3 is 0 Å². The number of pyridine rings is 2. The van der Waals surface area contributed by atoms with Gasteiger partial charge in [-0.3, -0.25) is 4.90 Å². The summed E-state index contributed by atoms with van der Waals surface area (Å²) < 4.78 is 26.5. The summed E-state index contributed by atoms with van der Waals surface area (Å²) in [6.07, 6.45) is 5.75. The van der Waals surface area contributed by atoms with Crippen LogP contribution >= 0.6 is 0 Å². The SMILES string of the molecule is COc1ccc(F)cc1-c1ccc2nc([C@@H]3CCCN(Cc4cccnc4OC)C3)nn2c1. The molecule has 0 bridgehead atoms. The molecule has 1 aliphatic heterocycles. The van der Waals surface area contributed by atoms with E-state index in [1.165, 1.54) is 12.1 Å².